The number of hydrogen-bond donors (Lipinski definition) is 3. The highest BCUT2D eigenvalue weighted by Crippen LogP contribution is 2.44. The monoisotopic (exact) mass is 584 g/mol. The zero-order chi connectivity index (χ0) is 28.6. The molecule has 0 spiro atoms. The number of H-pyrrole nitrogens is 1. The number of carbonyl (C=O) groups is 3. The molecule has 0 atom stereocenters. The summed E-state index contributed by atoms with van der Waals surface area (Å²) >= 11 is 1.32. The number of morpholine rings is 1. The fourth-order valence-electron chi connectivity index (χ4n) is 5.56. The number of nitrogens with zero attached hydrogens (tertiary/aromatic N) is 5. The van der Waals surface area contributed by atoms with Gasteiger partial charge in [-0.3, -0.25) is 20.1 Å². The Kier molecular flexibility index (Phi) is 6.90. The smallest absolute Gasteiger partial charge is 0.333 e. The Morgan fingerprint density at radius 1 is 0.929 bits per heavy atom. The lowest BCUT2D eigenvalue weighted by molar-refractivity contribution is 0.0207. The van der Waals surface area contributed by atoms with Gasteiger partial charge in [-0.1, -0.05) is 18.2 Å². The minimum atomic E-state index is -0.422. The Morgan fingerprint density at radius 3 is 2.55 bits per heavy atom. The number of hydrogen-bond acceptors (Lipinski definition) is 9. The second kappa shape index (κ2) is 11.0. The maximum absolute atomic E-state index is 13.7. The number of pyridine rings is 1. The average Bonchev–Trinajstić information content (AvgIpc) is 3.75. The Labute approximate surface area is 245 Å². The third-order valence-corrected chi connectivity index (χ3v) is 8.74. The number of nitrogens with one attached hydrogen (secondary N) is 3. The molecular weight excluding hydrogens is 556 g/mol. The van der Waals surface area contributed by atoms with Gasteiger partial charge in [-0.05, 0) is 30.3 Å². The minimum Gasteiger partial charge on any atom is -0.379 e. The van der Waals surface area contributed by atoms with Gasteiger partial charge in [-0.2, -0.15) is 5.10 Å². The summed E-state index contributed by atoms with van der Waals surface area (Å²) in [6, 6.07) is 14.4. The van der Waals surface area contributed by atoms with Crippen LogP contribution in [0.3, 0.4) is 0 Å². The first-order chi connectivity index (χ1) is 20.6. The van der Waals surface area contributed by atoms with Gasteiger partial charge in [-0.25, -0.2) is 14.8 Å². The zero-order valence-corrected chi connectivity index (χ0v) is 23.4. The normalized spacial score (nSPS) is 16.7. The number of carbonyl (C=O) groups excluding carboxylic acids is 3. The van der Waals surface area contributed by atoms with Crippen molar-refractivity contribution in [3.8, 4) is 21.8 Å². The molecule has 3 N–H and O–H groups in total. The lowest BCUT2D eigenvalue weighted by Crippen LogP contribution is -2.49. The van der Waals surface area contributed by atoms with Crippen molar-refractivity contribution < 1.29 is 19.1 Å². The van der Waals surface area contributed by atoms with Gasteiger partial charge in [0.1, 0.15) is 11.5 Å². The Bertz CT molecular complexity index is 1650. The van der Waals surface area contributed by atoms with Gasteiger partial charge in [0.15, 0.2) is 5.78 Å². The van der Waals surface area contributed by atoms with E-state index < -0.39 is 6.03 Å². The molecule has 2 saturated heterocycles. The van der Waals surface area contributed by atoms with Crippen LogP contribution in [-0.4, -0.2) is 95.3 Å². The second-order valence-corrected chi connectivity index (χ2v) is 11.3. The highest BCUT2D eigenvalue weighted by atomic mass is 32.1. The molecule has 0 radical (unpaired) electrons. The molecule has 0 bridgehead atoms. The zero-order valence-electron chi connectivity index (χ0n) is 22.6. The van der Waals surface area contributed by atoms with Crippen LogP contribution in [0.2, 0.25) is 0 Å². The predicted molar refractivity (Wildman–Crippen MR) is 158 cm³/mol. The lowest BCUT2D eigenvalue weighted by Gasteiger charge is -2.35. The number of hydrazine groups is 1. The van der Waals surface area contributed by atoms with Crippen molar-refractivity contribution in [3.05, 3.63) is 70.7 Å². The summed E-state index contributed by atoms with van der Waals surface area (Å²) in [6.45, 7) is 4.89. The Balaban J connectivity index is 1.06. The number of anilines is 2. The fraction of sp³-hybridized carbons (Fsp3) is 0.276. The number of ether oxygens (including phenoxy) is 1. The van der Waals surface area contributed by atoms with Crippen molar-refractivity contribution in [2.75, 3.05) is 62.7 Å². The van der Waals surface area contributed by atoms with E-state index in [1.54, 1.807) is 29.4 Å². The largest absolute Gasteiger partial charge is 0.379 e. The van der Waals surface area contributed by atoms with Crippen molar-refractivity contribution in [1.29, 1.82) is 0 Å². The number of thiophene rings is 1. The van der Waals surface area contributed by atoms with Crippen LogP contribution in [0.15, 0.2) is 54.7 Å². The summed E-state index contributed by atoms with van der Waals surface area (Å²) in [6.07, 6.45) is 1.77. The predicted octanol–water partition coefficient (Wildman–Crippen LogP) is 3.08. The summed E-state index contributed by atoms with van der Waals surface area (Å²) in [7, 11) is 0. The quantitative estimate of drug-likeness (QED) is 0.287. The maximum atomic E-state index is 13.7. The molecule has 42 heavy (non-hydrogen) atoms. The van der Waals surface area contributed by atoms with Gasteiger partial charge in [0.05, 0.1) is 45.5 Å². The van der Waals surface area contributed by atoms with Gasteiger partial charge in [0.25, 0.3) is 5.91 Å². The number of aromatic nitrogens is 3. The summed E-state index contributed by atoms with van der Waals surface area (Å²) in [5, 5.41) is 12.1. The van der Waals surface area contributed by atoms with Crippen molar-refractivity contribution in [1.82, 2.24) is 30.5 Å². The third kappa shape index (κ3) is 4.81. The Morgan fingerprint density at radius 2 is 1.76 bits per heavy atom. The number of ketones is 1. The first kappa shape index (κ1) is 26.3. The lowest BCUT2D eigenvalue weighted by atomic mass is 10.1. The summed E-state index contributed by atoms with van der Waals surface area (Å²) in [5.74, 6) is 0.654. The van der Waals surface area contributed by atoms with Crippen LogP contribution >= 0.6 is 11.3 Å². The fourth-order valence-corrected chi connectivity index (χ4v) is 6.52. The van der Waals surface area contributed by atoms with Crippen LogP contribution in [-0.2, 0) is 4.74 Å². The first-order valence-corrected chi connectivity index (χ1v) is 14.6. The van der Waals surface area contributed by atoms with E-state index in [-0.39, 0.29) is 11.7 Å². The molecule has 2 fully saturated rings. The molecule has 214 valence electrons. The summed E-state index contributed by atoms with van der Waals surface area (Å²) in [4.78, 5) is 49.5. The van der Waals surface area contributed by atoms with Gasteiger partial charge < -0.3 is 19.9 Å². The molecule has 4 aromatic rings. The standard InChI is InChI=1S/C29H28N8O4S/c38-27-23-18(4-3-5-19(23)31-29(40)34-37-14-16-41-17-15-37)25-24(27)26(33-32-25)20-7-8-21(42-20)28(39)36-12-10-35(11-13-36)22-6-1-2-9-30-22/h1-9H,10-17H2,(H,32,33)(H2,31,34,40). The third-order valence-electron chi connectivity index (χ3n) is 7.66. The molecule has 2 aliphatic heterocycles. The Hall–Kier alpha value is -4.59. The van der Waals surface area contributed by atoms with Gasteiger partial charge >= 0.3 is 6.03 Å². The topological polar surface area (TPSA) is 136 Å². The molecule has 1 aliphatic carbocycles. The van der Waals surface area contributed by atoms with Gasteiger partial charge in [0, 0.05) is 51.0 Å². The van der Waals surface area contributed by atoms with Gasteiger partial charge in [0.2, 0.25) is 0 Å². The maximum Gasteiger partial charge on any atom is 0.333 e. The van der Waals surface area contributed by atoms with Crippen molar-refractivity contribution in [2.45, 2.75) is 0 Å². The molecule has 0 saturated carbocycles. The molecule has 1 aromatic carbocycles. The highest BCUT2D eigenvalue weighted by Gasteiger charge is 2.36. The number of urea groups is 1. The van der Waals surface area contributed by atoms with Crippen LogP contribution in [0.5, 0.6) is 0 Å². The van der Waals surface area contributed by atoms with Crippen molar-refractivity contribution in [2.24, 2.45) is 0 Å². The molecule has 3 amide bonds. The van der Waals surface area contributed by atoms with Gasteiger partial charge in [-0.15, -0.1) is 11.3 Å². The molecule has 0 unspecified atom stereocenters. The van der Waals surface area contributed by atoms with Crippen molar-refractivity contribution >= 4 is 40.6 Å². The number of piperazine rings is 1. The number of fused-ring (bicyclic) bond motifs is 3. The molecule has 3 aliphatic rings. The van der Waals surface area contributed by atoms with E-state index in [9.17, 15) is 14.4 Å². The van der Waals surface area contributed by atoms with E-state index >= 15 is 0 Å². The second-order valence-electron chi connectivity index (χ2n) is 10.2. The van der Waals surface area contributed by atoms with E-state index in [2.05, 4.69) is 30.8 Å². The van der Waals surface area contributed by atoms with E-state index in [1.165, 1.54) is 11.3 Å². The number of benzene rings is 1. The number of rotatable bonds is 5. The first-order valence-electron chi connectivity index (χ1n) is 13.8. The summed E-state index contributed by atoms with van der Waals surface area (Å²) in [5.41, 5.74) is 5.87. The highest BCUT2D eigenvalue weighted by molar-refractivity contribution is 7.17. The van der Waals surface area contributed by atoms with E-state index in [4.69, 9.17) is 4.74 Å². The number of amides is 3. The van der Waals surface area contributed by atoms with Crippen LogP contribution in [0.4, 0.5) is 16.3 Å². The molecular formula is C29H28N8O4S. The number of aromatic amines is 1. The molecule has 12 nitrogen and oxygen atoms in total. The van der Waals surface area contributed by atoms with Crippen LogP contribution < -0.4 is 15.6 Å². The van der Waals surface area contributed by atoms with Crippen LogP contribution in [0.1, 0.15) is 25.6 Å². The molecule has 3 aromatic heterocycles. The van der Waals surface area contributed by atoms with Crippen LogP contribution in [0, 0.1) is 0 Å². The SMILES string of the molecule is O=C(Nc1cccc2c1C(=O)c1c(-c3ccc(C(=O)N4CCN(c5ccccn5)CC4)s3)n[nH]c1-2)NN1CCOCC1. The van der Waals surface area contributed by atoms with E-state index in [0.717, 1.165) is 10.7 Å². The van der Waals surface area contributed by atoms with E-state index in [0.29, 0.717) is 91.1 Å². The molecule has 7 rings (SSSR count). The van der Waals surface area contributed by atoms with Crippen molar-refractivity contribution in [3.63, 3.8) is 0 Å². The molecule has 5 heterocycles. The average molecular weight is 585 g/mol. The summed E-state index contributed by atoms with van der Waals surface area (Å²) < 4.78 is 5.32. The van der Waals surface area contributed by atoms with E-state index in [1.807, 2.05) is 35.2 Å². The van der Waals surface area contributed by atoms with Crippen LogP contribution in [0.25, 0.3) is 21.8 Å². The minimum absolute atomic E-state index is 0.0357. The molecule has 13 heteroatoms.